The molecule has 0 aliphatic carbocycles. The van der Waals surface area contributed by atoms with Gasteiger partial charge in [-0.25, -0.2) is 4.98 Å². The van der Waals surface area contributed by atoms with E-state index >= 15 is 0 Å². The van der Waals surface area contributed by atoms with Gasteiger partial charge in [0.05, 0.1) is 16.8 Å². The molecule has 0 aliphatic rings. The molecule has 2 aromatic carbocycles. The number of nitrogens with one attached hydrogen (secondary N) is 1. The maximum Gasteiger partial charge on any atom is 0.224 e. The van der Waals surface area contributed by atoms with Crippen molar-refractivity contribution in [3.05, 3.63) is 48.0 Å². The molecule has 0 spiro atoms. The van der Waals surface area contributed by atoms with Crippen molar-refractivity contribution in [1.82, 2.24) is 4.98 Å². The first-order valence-electron chi connectivity index (χ1n) is 9.02. The normalized spacial score (nSPS) is 11.1. The van der Waals surface area contributed by atoms with Gasteiger partial charge in [0, 0.05) is 17.9 Å². The number of ether oxygens (including phenoxy) is 1. The summed E-state index contributed by atoms with van der Waals surface area (Å²) in [7, 11) is 0. The molecule has 0 fully saturated rings. The number of amides is 1. The van der Waals surface area contributed by atoms with Crippen LogP contribution in [0.25, 0.3) is 10.2 Å². The number of anilines is 1. The summed E-state index contributed by atoms with van der Waals surface area (Å²) >= 11 is 3.34. The molecule has 1 N–H and O–H groups in total. The fourth-order valence-electron chi connectivity index (χ4n) is 2.62. The number of fused-ring (bicyclic) bond motifs is 1. The smallest absolute Gasteiger partial charge is 0.224 e. The summed E-state index contributed by atoms with van der Waals surface area (Å²) in [5.41, 5.74) is 2.99. The van der Waals surface area contributed by atoms with Crippen molar-refractivity contribution < 1.29 is 9.53 Å². The standard InChI is InChI=1S/C21H24N2O2S2/c1-14(2)11-20(24)22-16-7-8-18-19(13-16)27-21(23-18)26-10-9-25-17-6-4-5-15(3)12-17/h4-8,12-14H,9-11H2,1-3H3,(H,22,24). The number of nitrogens with zero attached hydrogens (tertiary/aromatic N) is 1. The molecule has 0 bridgehead atoms. The fraction of sp³-hybridized carbons (Fsp3) is 0.333. The zero-order valence-corrected chi connectivity index (χ0v) is 17.5. The van der Waals surface area contributed by atoms with Gasteiger partial charge in [-0.2, -0.15) is 0 Å². The van der Waals surface area contributed by atoms with E-state index in [2.05, 4.69) is 23.3 Å². The summed E-state index contributed by atoms with van der Waals surface area (Å²) < 4.78 is 7.89. The van der Waals surface area contributed by atoms with Crippen molar-refractivity contribution in [3.8, 4) is 5.75 Å². The van der Waals surface area contributed by atoms with Crippen LogP contribution < -0.4 is 10.1 Å². The SMILES string of the molecule is Cc1cccc(OCCSc2nc3ccc(NC(=O)CC(C)C)cc3s2)c1. The number of carbonyl (C=O) groups is 1. The van der Waals surface area contributed by atoms with Crippen LogP contribution in [-0.4, -0.2) is 23.3 Å². The number of thioether (sulfide) groups is 1. The van der Waals surface area contributed by atoms with Crippen molar-refractivity contribution in [2.24, 2.45) is 5.92 Å². The lowest BCUT2D eigenvalue weighted by Gasteiger charge is -2.06. The Balaban J connectivity index is 1.54. The molecule has 0 radical (unpaired) electrons. The van der Waals surface area contributed by atoms with Crippen molar-refractivity contribution in [2.75, 3.05) is 17.7 Å². The molecule has 1 aromatic heterocycles. The van der Waals surface area contributed by atoms with E-state index in [1.54, 1.807) is 23.1 Å². The van der Waals surface area contributed by atoms with Crippen LogP contribution in [0, 0.1) is 12.8 Å². The van der Waals surface area contributed by atoms with Gasteiger partial charge < -0.3 is 10.1 Å². The third-order valence-corrected chi connectivity index (χ3v) is 5.94. The van der Waals surface area contributed by atoms with E-state index in [0.29, 0.717) is 18.9 Å². The van der Waals surface area contributed by atoms with Gasteiger partial charge in [0.2, 0.25) is 5.91 Å². The molecule has 6 heteroatoms. The van der Waals surface area contributed by atoms with Crippen LogP contribution in [0.5, 0.6) is 5.75 Å². The van der Waals surface area contributed by atoms with Crippen LogP contribution in [0.3, 0.4) is 0 Å². The molecule has 0 unspecified atom stereocenters. The zero-order chi connectivity index (χ0) is 19.2. The number of hydrogen-bond acceptors (Lipinski definition) is 5. The van der Waals surface area contributed by atoms with E-state index in [4.69, 9.17) is 4.74 Å². The molecule has 0 atom stereocenters. The lowest BCUT2D eigenvalue weighted by Crippen LogP contribution is -2.13. The maximum absolute atomic E-state index is 11.9. The predicted octanol–water partition coefficient (Wildman–Crippen LogP) is 5.76. The molecule has 0 aliphatic heterocycles. The topological polar surface area (TPSA) is 51.2 Å². The average Bonchev–Trinajstić information content (AvgIpc) is 3.00. The van der Waals surface area contributed by atoms with E-state index in [1.165, 1.54) is 5.56 Å². The van der Waals surface area contributed by atoms with E-state index in [0.717, 1.165) is 31.7 Å². The lowest BCUT2D eigenvalue weighted by molar-refractivity contribution is -0.116. The lowest BCUT2D eigenvalue weighted by atomic mass is 10.1. The molecule has 4 nitrogen and oxygen atoms in total. The van der Waals surface area contributed by atoms with Crippen LogP contribution in [0.2, 0.25) is 0 Å². The molecular weight excluding hydrogens is 376 g/mol. The van der Waals surface area contributed by atoms with Crippen molar-refractivity contribution in [3.63, 3.8) is 0 Å². The zero-order valence-electron chi connectivity index (χ0n) is 15.8. The quantitative estimate of drug-likeness (QED) is 0.386. The number of hydrogen-bond donors (Lipinski definition) is 1. The van der Waals surface area contributed by atoms with Gasteiger partial charge >= 0.3 is 0 Å². The summed E-state index contributed by atoms with van der Waals surface area (Å²) in [6.07, 6.45) is 0.531. The van der Waals surface area contributed by atoms with E-state index in [9.17, 15) is 4.79 Å². The van der Waals surface area contributed by atoms with Crippen LogP contribution >= 0.6 is 23.1 Å². The van der Waals surface area contributed by atoms with Crippen LogP contribution in [0.1, 0.15) is 25.8 Å². The highest BCUT2D eigenvalue weighted by Crippen LogP contribution is 2.31. The number of aryl methyl sites for hydroxylation is 1. The van der Waals surface area contributed by atoms with Crippen molar-refractivity contribution in [1.29, 1.82) is 0 Å². The Bertz CT molecular complexity index is 921. The van der Waals surface area contributed by atoms with Crippen molar-refractivity contribution >= 4 is 44.9 Å². The minimum Gasteiger partial charge on any atom is -0.493 e. The number of benzene rings is 2. The van der Waals surface area contributed by atoms with Gasteiger partial charge in [-0.1, -0.05) is 37.7 Å². The predicted molar refractivity (Wildman–Crippen MR) is 115 cm³/mol. The number of thiazole rings is 1. The molecular formula is C21H24N2O2S2. The summed E-state index contributed by atoms with van der Waals surface area (Å²) in [6, 6.07) is 13.9. The summed E-state index contributed by atoms with van der Waals surface area (Å²) in [5.74, 6) is 2.15. The molecule has 27 heavy (non-hydrogen) atoms. The Kier molecular flexibility index (Phi) is 6.74. The molecule has 0 saturated carbocycles. The van der Waals surface area contributed by atoms with Gasteiger partial charge in [-0.3, -0.25) is 4.79 Å². The molecule has 142 valence electrons. The van der Waals surface area contributed by atoms with Gasteiger partial charge in [0.25, 0.3) is 0 Å². The van der Waals surface area contributed by atoms with Gasteiger partial charge in [0.15, 0.2) is 4.34 Å². The largest absolute Gasteiger partial charge is 0.493 e. The monoisotopic (exact) mass is 400 g/mol. The number of aromatic nitrogens is 1. The Morgan fingerprint density at radius 3 is 2.89 bits per heavy atom. The first-order valence-corrected chi connectivity index (χ1v) is 10.8. The minimum absolute atomic E-state index is 0.0526. The third-order valence-electron chi connectivity index (χ3n) is 3.81. The van der Waals surface area contributed by atoms with Crippen LogP contribution in [0.15, 0.2) is 46.8 Å². The van der Waals surface area contributed by atoms with Gasteiger partial charge in [-0.05, 0) is 48.7 Å². The summed E-state index contributed by atoms with van der Waals surface area (Å²) in [6.45, 7) is 6.78. The first-order chi connectivity index (χ1) is 13.0. The summed E-state index contributed by atoms with van der Waals surface area (Å²) in [5, 5.41) is 2.96. The molecule has 1 heterocycles. The van der Waals surface area contributed by atoms with Crippen LogP contribution in [-0.2, 0) is 4.79 Å². The molecule has 1 amide bonds. The van der Waals surface area contributed by atoms with Crippen molar-refractivity contribution in [2.45, 2.75) is 31.5 Å². The minimum atomic E-state index is 0.0526. The maximum atomic E-state index is 11.9. The van der Waals surface area contributed by atoms with Gasteiger partial charge in [-0.15, -0.1) is 11.3 Å². The fourth-order valence-corrected chi connectivity index (χ4v) is 4.61. The second-order valence-corrected chi connectivity index (χ2v) is 9.19. The Morgan fingerprint density at radius 1 is 1.26 bits per heavy atom. The first kappa shape index (κ1) is 19.7. The molecule has 0 saturated heterocycles. The van der Waals surface area contributed by atoms with E-state index in [1.807, 2.05) is 50.2 Å². The van der Waals surface area contributed by atoms with Gasteiger partial charge in [0.1, 0.15) is 5.75 Å². The summed E-state index contributed by atoms with van der Waals surface area (Å²) in [4.78, 5) is 16.6. The Hall–Kier alpha value is -2.05. The average molecular weight is 401 g/mol. The second-order valence-electron chi connectivity index (χ2n) is 6.82. The number of carbonyl (C=O) groups excluding carboxylic acids is 1. The molecule has 3 rings (SSSR count). The molecule has 3 aromatic rings. The van der Waals surface area contributed by atoms with E-state index < -0.39 is 0 Å². The highest BCUT2D eigenvalue weighted by molar-refractivity contribution is 8.01. The van der Waals surface area contributed by atoms with Crippen LogP contribution in [0.4, 0.5) is 5.69 Å². The third kappa shape index (κ3) is 5.97. The second kappa shape index (κ2) is 9.24. The highest BCUT2D eigenvalue weighted by atomic mass is 32.2. The number of rotatable bonds is 8. The van der Waals surface area contributed by atoms with E-state index in [-0.39, 0.29) is 5.91 Å². The Morgan fingerprint density at radius 2 is 2.11 bits per heavy atom. The Labute approximate surface area is 168 Å². The highest BCUT2D eigenvalue weighted by Gasteiger charge is 2.09.